The van der Waals surface area contributed by atoms with Crippen molar-refractivity contribution in [1.29, 1.82) is 0 Å². The first-order valence-corrected chi connectivity index (χ1v) is 11.5. The smallest absolute Gasteiger partial charge is 0.328 e. The summed E-state index contributed by atoms with van der Waals surface area (Å²) in [7, 11) is 0. The number of pyridine rings is 1. The topological polar surface area (TPSA) is 108 Å². The number of nitrogens with one attached hydrogen (secondary N) is 2. The van der Waals surface area contributed by atoms with E-state index in [1.54, 1.807) is 6.20 Å². The summed E-state index contributed by atoms with van der Waals surface area (Å²) < 4.78 is 0. The summed E-state index contributed by atoms with van der Waals surface area (Å²) in [6, 6.07) is 17.4. The zero-order chi connectivity index (χ0) is 24.3. The zero-order valence-corrected chi connectivity index (χ0v) is 19.4. The molecule has 2 amide bonds. The molecule has 3 N–H and O–H groups in total. The number of rotatable bonds is 6. The third kappa shape index (κ3) is 5.09. The van der Waals surface area contributed by atoms with Crippen molar-refractivity contribution in [2.75, 3.05) is 5.32 Å². The molecular formula is C27H29N3O4. The van der Waals surface area contributed by atoms with Gasteiger partial charge in [-0.25, -0.2) is 4.79 Å². The Balaban J connectivity index is 1.35. The van der Waals surface area contributed by atoms with Gasteiger partial charge in [0, 0.05) is 23.2 Å². The Morgan fingerprint density at radius 3 is 2.29 bits per heavy atom. The molecule has 1 aliphatic carbocycles. The Labute approximate surface area is 198 Å². The molecule has 0 unspecified atom stereocenters. The molecule has 34 heavy (non-hydrogen) atoms. The molecule has 0 bridgehead atoms. The van der Waals surface area contributed by atoms with Gasteiger partial charge in [0.15, 0.2) is 0 Å². The van der Waals surface area contributed by atoms with E-state index in [9.17, 15) is 19.5 Å². The largest absolute Gasteiger partial charge is 0.480 e. The first-order valence-electron chi connectivity index (χ1n) is 11.5. The predicted octanol–water partition coefficient (Wildman–Crippen LogP) is 4.74. The van der Waals surface area contributed by atoms with Gasteiger partial charge in [0.25, 0.3) is 5.91 Å². The number of fused-ring (bicyclic) bond motifs is 1. The highest BCUT2D eigenvalue weighted by atomic mass is 16.4. The highest BCUT2D eigenvalue weighted by Gasteiger charge is 2.33. The number of carboxylic acids is 1. The van der Waals surface area contributed by atoms with Crippen molar-refractivity contribution in [2.24, 2.45) is 5.92 Å². The minimum absolute atomic E-state index is 0.165. The van der Waals surface area contributed by atoms with E-state index in [1.807, 2.05) is 54.6 Å². The van der Waals surface area contributed by atoms with Crippen molar-refractivity contribution in [3.63, 3.8) is 0 Å². The second-order valence-corrected chi connectivity index (χ2v) is 9.42. The number of anilines is 1. The molecule has 3 aromatic rings. The summed E-state index contributed by atoms with van der Waals surface area (Å²) in [5.74, 6) is -1.31. The molecular weight excluding hydrogens is 430 g/mol. The lowest BCUT2D eigenvalue weighted by molar-refractivity contribution is -0.146. The van der Waals surface area contributed by atoms with Gasteiger partial charge in [-0.3, -0.25) is 14.6 Å². The van der Waals surface area contributed by atoms with Crippen LogP contribution in [0.1, 0.15) is 61.5 Å². The minimum Gasteiger partial charge on any atom is -0.480 e. The maximum absolute atomic E-state index is 12.8. The Morgan fingerprint density at radius 1 is 0.941 bits per heavy atom. The van der Waals surface area contributed by atoms with Gasteiger partial charge in [-0.05, 0) is 74.6 Å². The number of aromatic nitrogens is 1. The molecule has 0 atom stereocenters. The molecule has 1 aliphatic rings. The summed E-state index contributed by atoms with van der Waals surface area (Å²) in [6.07, 6.45) is 4.79. The van der Waals surface area contributed by atoms with Crippen LogP contribution in [0.2, 0.25) is 0 Å². The van der Waals surface area contributed by atoms with Crippen LogP contribution in [-0.2, 0) is 9.59 Å². The first kappa shape index (κ1) is 23.4. The summed E-state index contributed by atoms with van der Waals surface area (Å²) >= 11 is 0. The van der Waals surface area contributed by atoms with E-state index >= 15 is 0 Å². The molecule has 7 heteroatoms. The van der Waals surface area contributed by atoms with E-state index in [2.05, 4.69) is 15.6 Å². The molecule has 0 spiro atoms. The van der Waals surface area contributed by atoms with Crippen LogP contribution in [0.4, 0.5) is 5.69 Å². The molecule has 1 aromatic heterocycles. The number of benzene rings is 2. The lowest BCUT2D eigenvalue weighted by atomic mass is 9.78. The van der Waals surface area contributed by atoms with Crippen LogP contribution in [0.25, 0.3) is 10.8 Å². The van der Waals surface area contributed by atoms with E-state index in [0.717, 1.165) is 36.5 Å². The number of carboxylic acid groups (broad SMARTS) is 1. The van der Waals surface area contributed by atoms with Crippen molar-refractivity contribution < 1.29 is 19.5 Å². The van der Waals surface area contributed by atoms with Gasteiger partial charge in [0.1, 0.15) is 11.2 Å². The SMILES string of the molecule is CC(C)(NC(=O)C1CCC(c2ccc(NC(=O)c3nccc4ccccc34)cc2)CC1)C(=O)O. The van der Waals surface area contributed by atoms with Crippen molar-refractivity contribution in [2.45, 2.75) is 51.0 Å². The molecule has 1 saturated carbocycles. The molecule has 0 aliphatic heterocycles. The van der Waals surface area contributed by atoms with E-state index < -0.39 is 11.5 Å². The summed E-state index contributed by atoms with van der Waals surface area (Å²) in [4.78, 5) is 40.8. The number of hydrogen-bond acceptors (Lipinski definition) is 4. The molecule has 7 nitrogen and oxygen atoms in total. The number of aliphatic carboxylic acids is 1. The third-order valence-corrected chi connectivity index (χ3v) is 6.60. The molecule has 0 radical (unpaired) electrons. The number of carbonyl (C=O) groups excluding carboxylic acids is 2. The molecule has 176 valence electrons. The van der Waals surface area contributed by atoms with E-state index in [1.165, 1.54) is 19.4 Å². The van der Waals surface area contributed by atoms with Gasteiger partial charge in [-0.2, -0.15) is 0 Å². The first-order chi connectivity index (χ1) is 16.2. The van der Waals surface area contributed by atoms with Gasteiger partial charge in [-0.15, -0.1) is 0 Å². The fourth-order valence-corrected chi connectivity index (χ4v) is 4.48. The van der Waals surface area contributed by atoms with Crippen LogP contribution in [0.3, 0.4) is 0 Å². The highest BCUT2D eigenvalue weighted by Crippen LogP contribution is 2.36. The maximum Gasteiger partial charge on any atom is 0.328 e. The van der Waals surface area contributed by atoms with Gasteiger partial charge in [0.2, 0.25) is 5.91 Å². The summed E-state index contributed by atoms with van der Waals surface area (Å²) in [6.45, 7) is 2.99. The highest BCUT2D eigenvalue weighted by molar-refractivity contribution is 6.11. The lowest BCUT2D eigenvalue weighted by Crippen LogP contribution is -2.51. The maximum atomic E-state index is 12.8. The zero-order valence-electron chi connectivity index (χ0n) is 19.4. The van der Waals surface area contributed by atoms with Crippen LogP contribution in [-0.4, -0.2) is 33.4 Å². The predicted molar refractivity (Wildman–Crippen MR) is 131 cm³/mol. The van der Waals surface area contributed by atoms with Crippen molar-refractivity contribution in [3.05, 3.63) is 72.1 Å². The minimum atomic E-state index is -1.27. The second-order valence-electron chi connectivity index (χ2n) is 9.42. The number of hydrogen-bond donors (Lipinski definition) is 3. The molecule has 0 saturated heterocycles. The van der Waals surface area contributed by atoms with Crippen LogP contribution >= 0.6 is 0 Å². The quantitative estimate of drug-likeness (QED) is 0.493. The van der Waals surface area contributed by atoms with Crippen LogP contribution in [0.5, 0.6) is 0 Å². The van der Waals surface area contributed by atoms with Gasteiger partial charge < -0.3 is 15.7 Å². The van der Waals surface area contributed by atoms with E-state index in [0.29, 0.717) is 17.3 Å². The van der Waals surface area contributed by atoms with Crippen molar-refractivity contribution in [3.8, 4) is 0 Å². The number of amides is 2. The van der Waals surface area contributed by atoms with Gasteiger partial charge in [0.05, 0.1) is 0 Å². The monoisotopic (exact) mass is 459 g/mol. The third-order valence-electron chi connectivity index (χ3n) is 6.60. The van der Waals surface area contributed by atoms with Crippen molar-refractivity contribution in [1.82, 2.24) is 10.3 Å². The van der Waals surface area contributed by atoms with Crippen molar-refractivity contribution >= 4 is 34.2 Å². The van der Waals surface area contributed by atoms with Gasteiger partial charge in [-0.1, -0.05) is 36.4 Å². The molecule has 1 heterocycles. The average molecular weight is 460 g/mol. The molecule has 2 aromatic carbocycles. The van der Waals surface area contributed by atoms with Gasteiger partial charge >= 0.3 is 5.97 Å². The second kappa shape index (κ2) is 9.63. The standard InChI is InChI=1S/C27H29N3O4/c1-27(2,26(33)34)30-24(31)20-9-7-17(8-10-20)18-11-13-21(14-12-18)29-25(32)23-22-6-4-3-5-19(22)15-16-28-23/h3-6,11-17,20H,7-10H2,1-2H3,(H,29,32)(H,30,31)(H,33,34). The molecule has 1 fully saturated rings. The van der Waals surface area contributed by atoms with Crippen LogP contribution < -0.4 is 10.6 Å². The van der Waals surface area contributed by atoms with Crippen LogP contribution in [0, 0.1) is 5.92 Å². The van der Waals surface area contributed by atoms with E-state index in [4.69, 9.17) is 0 Å². The fourth-order valence-electron chi connectivity index (χ4n) is 4.48. The Morgan fingerprint density at radius 2 is 1.62 bits per heavy atom. The molecule has 4 rings (SSSR count). The Kier molecular flexibility index (Phi) is 6.63. The summed E-state index contributed by atoms with van der Waals surface area (Å²) in [5.41, 5.74) is 0.999. The Hall–Kier alpha value is -3.74. The fraction of sp³-hybridized carbons (Fsp3) is 0.333. The number of nitrogens with zero attached hydrogens (tertiary/aromatic N) is 1. The normalized spacial score (nSPS) is 18.3. The van der Waals surface area contributed by atoms with E-state index in [-0.39, 0.29) is 17.7 Å². The number of carbonyl (C=O) groups is 3. The Bertz CT molecular complexity index is 1210. The average Bonchev–Trinajstić information content (AvgIpc) is 2.84. The lowest BCUT2D eigenvalue weighted by Gasteiger charge is -2.30. The summed E-state index contributed by atoms with van der Waals surface area (Å²) in [5, 5.41) is 16.6. The van der Waals surface area contributed by atoms with Crippen LogP contribution in [0.15, 0.2) is 60.8 Å².